The molecule has 0 heterocycles. The highest BCUT2D eigenvalue weighted by Gasteiger charge is 2.59. The number of allylic oxidation sites excluding steroid dienone is 2. The first-order chi connectivity index (χ1) is 13.3. The molecular weight excluding hydrogens is 354 g/mol. The second-order valence-corrected chi connectivity index (χ2v) is 10.0. The monoisotopic (exact) mass is 387 g/mol. The van der Waals surface area contributed by atoms with E-state index in [1.165, 1.54) is 31.3 Å². The van der Waals surface area contributed by atoms with E-state index in [1.807, 2.05) is 0 Å². The lowest BCUT2D eigenvalue weighted by Gasteiger charge is -2.58. The van der Waals surface area contributed by atoms with Gasteiger partial charge in [-0.15, -0.1) is 0 Å². The van der Waals surface area contributed by atoms with Crippen molar-refractivity contribution >= 4 is 17.5 Å². The number of Topliss-reactive ketones (excluding diaryl/α,β-unsaturated/α-hetero) is 1. The Morgan fingerprint density at radius 1 is 1.14 bits per heavy atom. The van der Waals surface area contributed by atoms with Crippen LogP contribution in [0.15, 0.2) is 16.8 Å². The van der Waals surface area contributed by atoms with E-state index in [4.69, 9.17) is 9.94 Å². The van der Waals surface area contributed by atoms with Gasteiger partial charge in [-0.2, -0.15) is 0 Å². The van der Waals surface area contributed by atoms with E-state index < -0.39 is 5.97 Å². The van der Waals surface area contributed by atoms with Crippen LogP contribution in [0.25, 0.3) is 0 Å². The summed E-state index contributed by atoms with van der Waals surface area (Å²) in [6.07, 6.45) is 11.1. The lowest BCUT2D eigenvalue weighted by Crippen LogP contribution is -2.51. The molecule has 0 aliphatic heterocycles. The first kappa shape index (κ1) is 19.7. The number of oxime groups is 1. The fourth-order valence-electron chi connectivity index (χ4n) is 7.48. The molecule has 6 atom stereocenters. The molecule has 1 N–H and O–H groups in total. The summed E-state index contributed by atoms with van der Waals surface area (Å²) in [6.45, 7) is 6.24. The van der Waals surface area contributed by atoms with Gasteiger partial charge in [-0.3, -0.25) is 4.79 Å². The van der Waals surface area contributed by atoms with E-state index >= 15 is 0 Å². The van der Waals surface area contributed by atoms with Crippen molar-refractivity contribution in [2.75, 3.05) is 6.61 Å². The van der Waals surface area contributed by atoms with Crippen LogP contribution in [0.3, 0.4) is 0 Å². The van der Waals surface area contributed by atoms with Gasteiger partial charge in [-0.05, 0) is 93.0 Å². The minimum Gasteiger partial charge on any atom is -0.479 e. The number of carbonyl (C=O) groups is 2. The fraction of sp³-hybridized carbons (Fsp3) is 0.783. The molecule has 4 aliphatic carbocycles. The van der Waals surface area contributed by atoms with Gasteiger partial charge < -0.3 is 9.94 Å². The predicted octanol–water partition coefficient (Wildman–Crippen LogP) is 4.61. The summed E-state index contributed by atoms with van der Waals surface area (Å²) < 4.78 is 0. The Hall–Kier alpha value is -1.65. The summed E-state index contributed by atoms with van der Waals surface area (Å²) in [5, 5.41) is 12.8. The van der Waals surface area contributed by atoms with Crippen molar-refractivity contribution in [3.8, 4) is 0 Å². The minimum atomic E-state index is -0.996. The summed E-state index contributed by atoms with van der Waals surface area (Å²) in [4.78, 5) is 27.8. The Bertz CT molecular complexity index is 741. The number of carboxylic acid groups (broad SMARTS) is 1. The third-order valence-electron chi connectivity index (χ3n) is 8.84. The third-order valence-corrected chi connectivity index (χ3v) is 8.84. The summed E-state index contributed by atoms with van der Waals surface area (Å²) in [7, 11) is 0. The largest absolute Gasteiger partial charge is 0.479 e. The Morgan fingerprint density at radius 2 is 1.93 bits per heavy atom. The number of rotatable bonds is 4. The maximum atomic E-state index is 12.3. The van der Waals surface area contributed by atoms with Crippen LogP contribution in [0.2, 0.25) is 0 Å². The zero-order valence-electron chi connectivity index (χ0n) is 17.4. The van der Waals surface area contributed by atoms with E-state index in [0.29, 0.717) is 17.6 Å². The summed E-state index contributed by atoms with van der Waals surface area (Å²) >= 11 is 0. The molecule has 0 amide bonds. The van der Waals surface area contributed by atoms with Gasteiger partial charge in [0.1, 0.15) is 5.78 Å². The van der Waals surface area contributed by atoms with E-state index in [1.54, 1.807) is 6.92 Å². The number of aliphatic carboxylic acids is 1. The van der Waals surface area contributed by atoms with E-state index in [-0.39, 0.29) is 23.4 Å². The van der Waals surface area contributed by atoms with Gasteiger partial charge in [-0.25, -0.2) is 4.79 Å². The second-order valence-electron chi connectivity index (χ2n) is 10.0. The van der Waals surface area contributed by atoms with Gasteiger partial charge in [0.25, 0.3) is 0 Å². The van der Waals surface area contributed by atoms with Crippen LogP contribution < -0.4 is 0 Å². The molecule has 0 aromatic heterocycles. The molecule has 3 fully saturated rings. The molecule has 0 spiro atoms. The molecule has 0 bridgehead atoms. The van der Waals surface area contributed by atoms with Crippen molar-refractivity contribution in [2.45, 2.75) is 72.1 Å². The number of carbonyl (C=O) groups excluding carboxylic acids is 1. The number of carboxylic acids is 1. The van der Waals surface area contributed by atoms with Crippen molar-refractivity contribution in [3.63, 3.8) is 0 Å². The maximum absolute atomic E-state index is 12.3. The zero-order chi connectivity index (χ0) is 20.1. The van der Waals surface area contributed by atoms with Gasteiger partial charge in [0.2, 0.25) is 6.61 Å². The summed E-state index contributed by atoms with van der Waals surface area (Å²) in [5.41, 5.74) is 2.77. The van der Waals surface area contributed by atoms with Gasteiger partial charge in [0.05, 0.1) is 5.71 Å². The maximum Gasteiger partial charge on any atom is 0.344 e. The highest BCUT2D eigenvalue weighted by molar-refractivity contribution is 5.96. The van der Waals surface area contributed by atoms with Crippen LogP contribution in [-0.4, -0.2) is 29.2 Å². The predicted molar refractivity (Wildman–Crippen MR) is 107 cm³/mol. The van der Waals surface area contributed by atoms with Crippen LogP contribution in [0.4, 0.5) is 0 Å². The molecule has 4 unspecified atom stereocenters. The highest BCUT2D eigenvalue weighted by Crippen LogP contribution is 2.66. The van der Waals surface area contributed by atoms with Crippen LogP contribution in [0.5, 0.6) is 0 Å². The van der Waals surface area contributed by atoms with Crippen molar-refractivity contribution in [1.29, 1.82) is 0 Å². The first-order valence-electron chi connectivity index (χ1n) is 10.9. The Kier molecular flexibility index (Phi) is 4.91. The molecule has 0 saturated heterocycles. The summed E-state index contributed by atoms with van der Waals surface area (Å²) in [5.74, 6) is 1.77. The van der Waals surface area contributed by atoms with Crippen LogP contribution in [-0.2, 0) is 14.4 Å². The number of ketones is 1. The quantitative estimate of drug-likeness (QED) is 0.715. The van der Waals surface area contributed by atoms with E-state index in [0.717, 1.165) is 37.3 Å². The number of nitrogens with zero attached hydrogens (tertiary/aromatic N) is 1. The Morgan fingerprint density at radius 3 is 2.64 bits per heavy atom. The Labute approximate surface area is 167 Å². The second kappa shape index (κ2) is 7.00. The number of hydrogen-bond acceptors (Lipinski definition) is 4. The van der Waals surface area contributed by atoms with Crippen LogP contribution in [0.1, 0.15) is 72.1 Å². The lowest BCUT2D eigenvalue weighted by molar-refractivity contribution is -0.142. The van der Waals surface area contributed by atoms with Crippen LogP contribution in [0, 0.1) is 34.5 Å². The van der Waals surface area contributed by atoms with Crippen molar-refractivity contribution in [3.05, 3.63) is 11.6 Å². The molecule has 3 saturated carbocycles. The van der Waals surface area contributed by atoms with Crippen molar-refractivity contribution in [2.24, 2.45) is 39.7 Å². The Balaban J connectivity index is 1.55. The van der Waals surface area contributed by atoms with Gasteiger partial charge >= 0.3 is 5.97 Å². The zero-order valence-corrected chi connectivity index (χ0v) is 17.4. The highest BCUT2D eigenvalue weighted by atomic mass is 16.6. The average Bonchev–Trinajstić information content (AvgIpc) is 2.99. The van der Waals surface area contributed by atoms with Crippen molar-refractivity contribution < 1.29 is 19.5 Å². The molecule has 4 rings (SSSR count). The molecule has 4 aliphatic rings. The third kappa shape index (κ3) is 3.02. The smallest absolute Gasteiger partial charge is 0.344 e. The molecular formula is C23H33NO4. The average molecular weight is 388 g/mol. The van der Waals surface area contributed by atoms with Gasteiger partial charge in [-0.1, -0.05) is 24.6 Å². The molecule has 5 nitrogen and oxygen atoms in total. The number of hydrogen-bond donors (Lipinski definition) is 1. The molecule has 154 valence electrons. The molecule has 0 aromatic rings. The van der Waals surface area contributed by atoms with Crippen LogP contribution >= 0.6 is 0 Å². The lowest BCUT2D eigenvalue weighted by atomic mass is 9.46. The first-order valence-corrected chi connectivity index (χ1v) is 10.9. The molecule has 5 heteroatoms. The summed E-state index contributed by atoms with van der Waals surface area (Å²) in [6, 6.07) is 0. The fourth-order valence-corrected chi connectivity index (χ4v) is 7.48. The molecule has 0 aromatic carbocycles. The van der Waals surface area contributed by atoms with Gasteiger partial charge in [0, 0.05) is 5.92 Å². The standard InChI is InChI=1S/C23H33NO4/c1-14(25)18-6-7-19-17-5-4-15-12-16(24-28-13-21(26)27)8-10-22(15,2)20(17)9-11-23(18,19)3/h12,17-20H,4-11,13H2,1-3H3,(H,26,27)/b24-16-/t17?,18?,19?,20?,22-,23+/m0/s1. The number of fused-ring (bicyclic) bond motifs is 5. The van der Waals surface area contributed by atoms with Crippen molar-refractivity contribution in [1.82, 2.24) is 0 Å². The van der Waals surface area contributed by atoms with Gasteiger partial charge in [0.15, 0.2) is 0 Å². The van der Waals surface area contributed by atoms with E-state index in [2.05, 4.69) is 25.1 Å². The minimum absolute atomic E-state index is 0.205. The molecule has 0 radical (unpaired) electrons. The SMILES string of the molecule is CC(=O)C1CCC2C3CCC4=C/C(=N\OCC(=O)O)CC[C@]4(C)C3CC[C@]12C. The topological polar surface area (TPSA) is 76.0 Å². The normalized spacial score (nSPS) is 43.5. The van der Waals surface area contributed by atoms with E-state index in [9.17, 15) is 9.59 Å². The molecule has 28 heavy (non-hydrogen) atoms.